The Morgan fingerprint density at radius 2 is 1.91 bits per heavy atom. The van der Waals surface area contributed by atoms with Crippen molar-refractivity contribution in [3.8, 4) is 0 Å². The lowest BCUT2D eigenvalue weighted by Gasteiger charge is -2.05. The van der Waals surface area contributed by atoms with Crippen LogP contribution in [0.3, 0.4) is 0 Å². The molecular formula is C6H8Cl3OP. The fourth-order valence-corrected chi connectivity index (χ4v) is 3.13. The van der Waals surface area contributed by atoms with E-state index in [1.165, 1.54) is 0 Å². The van der Waals surface area contributed by atoms with E-state index in [1.807, 2.05) is 0 Å². The highest BCUT2D eigenvalue weighted by Crippen LogP contribution is 2.65. The maximum atomic E-state index is 11.1. The molecule has 0 aromatic heterocycles. The van der Waals surface area contributed by atoms with Crippen LogP contribution in [-0.4, -0.2) is 0 Å². The standard InChI is InChI=1S/C6H8Cl3OP/c1-3-5(2)6(4-7)11(8,9)10/h3-4H,1-2H3/b5-3+,6-4+. The fraction of sp³-hybridized carbons (Fsp3) is 0.333. The molecule has 0 radical (unpaired) electrons. The normalized spacial score (nSPS) is 15.4. The Morgan fingerprint density at radius 3 is 2.00 bits per heavy atom. The largest absolute Gasteiger partial charge is 0.284 e. The molecule has 0 N–H and O–H groups in total. The lowest BCUT2D eigenvalue weighted by molar-refractivity contribution is 0.596. The van der Waals surface area contributed by atoms with Gasteiger partial charge in [-0.3, -0.25) is 4.57 Å². The second-order valence-corrected chi connectivity index (χ2v) is 6.93. The van der Waals surface area contributed by atoms with Crippen molar-refractivity contribution in [3.05, 3.63) is 22.5 Å². The van der Waals surface area contributed by atoms with E-state index in [9.17, 15) is 4.57 Å². The van der Waals surface area contributed by atoms with E-state index in [-0.39, 0.29) is 0 Å². The fourth-order valence-electron chi connectivity index (χ4n) is 0.496. The molecule has 0 fully saturated rings. The van der Waals surface area contributed by atoms with Gasteiger partial charge in [-0.1, -0.05) is 17.7 Å². The predicted molar refractivity (Wildman–Crippen MR) is 52.7 cm³/mol. The Kier molecular flexibility index (Phi) is 4.81. The summed E-state index contributed by atoms with van der Waals surface area (Å²) >= 11 is 16.2. The van der Waals surface area contributed by atoms with Gasteiger partial charge in [0.05, 0.1) is 5.31 Å². The molecule has 0 aliphatic heterocycles. The monoisotopic (exact) mass is 232 g/mol. The molecule has 5 heteroatoms. The molecule has 0 aliphatic rings. The van der Waals surface area contributed by atoms with E-state index in [0.717, 1.165) is 11.1 Å². The lowest BCUT2D eigenvalue weighted by Crippen LogP contribution is -1.77. The van der Waals surface area contributed by atoms with Crippen molar-refractivity contribution in [2.45, 2.75) is 13.8 Å². The molecule has 0 aromatic rings. The van der Waals surface area contributed by atoms with Gasteiger partial charge in [-0.05, 0) is 41.9 Å². The van der Waals surface area contributed by atoms with Crippen LogP contribution in [0.25, 0.3) is 0 Å². The minimum Gasteiger partial charge on any atom is -0.284 e. The summed E-state index contributed by atoms with van der Waals surface area (Å²) < 4.78 is 11.1. The lowest BCUT2D eigenvalue weighted by atomic mass is 10.3. The molecular weight excluding hydrogens is 225 g/mol. The van der Waals surface area contributed by atoms with Gasteiger partial charge in [0.2, 0.25) is 0 Å². The van der Waals surface area contributed by atoms with Gasteiger partial charge in [-0.25, -0.2) is 0 Å². The van der Waals surface area contributed by atoms with Gasteiger partial charge < -0.3 is 0 Å². The van der Waals surface area contributed by atoms with E-state index >= 15 is 0 Å². The minimum absolute atomic E-state index is 0.296. The highest BCUT2D eigenvalue weighted by atomic mass is 35.9. The van der Waals surface area contributed by atoms with Crippen molar-refractivity contribution in [1.82, 2.24) is 0 Å². The van der Waals surface area contributed by atoms with Crippen LogP contribution in [0.5, 0.6) is 0 Å². The first-order valence-electron chi connectivity index (χ1n) is 2.87. The molecule has 0 bridgehead atoms. The highest BCUT2D eigenvalue weighted by Gasteiger charge is 2.21. The van der Waals surface area contributed by atoms with E-state index in [0.29, 0.717) is 5.31 Å². The maximum Gasteiger partial charge on any atom is 0.283 e. The second kappa shape index (κ2) is 4.57. The number of allylic oxidation sites excluding steroid dienone is 3. The summed E-state index contributed by atoms with van der Waals surface area (Å²) in [5.74, 6) is -3.24. The van der Waals surface area contributed by atoms with Gasteiger partial charge in [-0.2, -0.15) is 0 Å². The molecule has 0 saturated heterocycles. The first-order chi connectivity index (χ1) is 4.93. The van der Waals surface area contributed by atoms with Crippen molar-refractivity contribution in [2.24, 2.45) is 0 Å². The summed E-state index contributed by atoms with van der Waals surface area (Å²) in [5, 5.41) is 0.296. The Hall–Kier alpha value is 0.580. The molecule has 0 aromatic carbocycles. The van der Waals surface area contributed by atoms with Crippen LogP contribution in [0.15, 0.2) is 22.5 Å². The van der Waals surface area contributed by atoms with Gasteiger partial charge in [0.25, 0.3) is 5.85 Å². The van der Waals surface area contributed by atoms with Crippen LogP contribution in [0.1, 0.15) is 13.8 Å². The summed E-state index contributed by atoms with van der Waals surface area (Å²) in [5.41, 5.74) is 1.88. The molecule has 0 amide bonds. The topological polar surface area (TPSA) is 17.1 Å². The Balaban J connectivity index is 4.89. The van der Waals surface area contributed by atoms with Gasteiger partial charge in [-0.15, -0.1) is 0 Å². The third-order valence-corrected chi connectivity index (χ3v) is 3.73. The first-order valence-corrected chi connectivity index (χ1v) is 6.82. The van der Waals surface area contributed by atoms with Crippen LogP contribution >= 0.6 is 39.9 Å². The Bertz CT molecular complexity index is 238. The summed E-state index contributed by atoms with van der Waals surface area (Å²) in [7, 11) is 0. The SMILES string of the molecule is C/C=C(C)/C(=C\Cl)P(=O)(Cl)Cl. The number of halogens is 3. The Labute approximate surface area is 81.0 Å². The predicted octanol–water partition coefficient (Wildman–Crippen LogP) is 4.70. The molecule has 0 atom stereocenters. The molecule has 0 saturated carbocycles. The maximum absolute atomic E-state index is 11.1. The summed E-state index contributed by atoms with van der Waals surface area (Å²) in [6.45, 7) is 3.53. The average molecular weight is 233 g/mol. The van der Waals surface area contributed by atoms with Crippen LogP contribution in [0.2, 0.25) is 0 Å². The average Bonchev–Trinajstić information content (AvgIpc) is 1.86. The molecule has 0 aliphatic carbocycles. The number of rotatable bonds is 2. The third kappa shape index (κ3) is 3.66. The van der Waals surface area contributed by atoms with E-state index in [2.05, 4.69) is 0 Å². The zero-order valence-corrected chi connectivity index (χ0v) is 9.31. The van der Waals surface area contributed by atoms with Crippen molar-refractivity contribution in [3.63, 3.8) is 0 Å². The van der Waals surface area contributed by atoms with Crippen molar-refractivity contribution in [2.75, 3.05) is 0 Å². The molecule has 0 rings (SSSR count). The summed E-state index contributed by atoms with van der Waals surface area (Å²) in [6, 6.07) is 0. The molecule has 11 heavy (non-hydrogen) atoms. The second-order valence-electron chi connectivity index (χ2n) is 1.93. The van der Waals surface area contributed by atoms with E-state index < -0.39 is 5.85 Å². The molecule has 64 valence electrons. The van der Waals surface area contributed by atoms with Crippen LogP contribution in [0, 0.1) is 0 Å². The smallest absolute Gasteiger partial charge is 0.283 e. The molecule has 0 heterocycles. The Morgan fingerprint density at radius 1 is 1.45 bits per heavy atom. The van der Waals surface area contributed by atoms with E-state index in [1.54, 1.807) is 19.9 Å². The van der Waals surface area contributed by atoms with Crippen molar-refractivity contribution in [1.29, 1.82) is 0 Å². The van der Waals surface area contributed by atoms with Crippen molar-refractivity contribution >= 4 is 39.9 Å². The van der Waals surface area contributed by atoms with Gasteiger partial charge >= 0.3 is 0 Å². The third-order valence-electron chi connectivity index (χ3n) is 1.22. The number of hydrogen-bond acceptors (Lipinski definition) is 1. The molecule has 1 nitrogen and oxygen atoms in total. The van der Waals surface area contributed by atoms with Crippen LogP contribution in [-0.2, 0) is 4.57 Å². The van der Waals surface area contributed by atoms with Gasteiger partial charge in [0.1, 0.15) is 0 Å². The molecule has 0 spiro atoms. The van der Waals surface area contributed by atoms with Crippen LogP contribution < -0.4 is 0 Å². The summed E-state index contributed by atoms with van der Waals surface area (Å²) in [6.07, 6.45) is 1.74. The molecule has 0 unspecified atom stereocenters. The summed E-state index contributed by atoms with van der Waals surface area (Å²) in [4.78, 5) is 0. The van der Waals surface area contributed by atoms with Crippen molar-refractivity contribution < 1.29 is 4.57 Å². The van der Waals surface area contributed by atoms with Crippen LogP contribution in [0.4, 0.5) is 0 Å². The zero-order valence-electron chi connectivity index (χ0n) is 6.14. The minimum atomic E-state index is -3.24. The number of hydrogen-bond donors (Lipinski definition) is 0. The highest BCUT2D eigenvalue weighted by molar-refractivity contribution is 8.11. The van der Waals surface area contributed by atoms with Gasteiger partial charge in [0.15, 0.2) is 0 Å². The first kappa shape index (κ1) is 11.6. The van der Waals surface area contributed by atoms with E-state index in [4.69, 9.17) is 34.1 Å². The zero-order chi connectivity index (χ0) is 9.07. The quantitative estimate of drug-likeness (QED) is 0.499. The van der Waals surface area contributed by atoms with Gasteiger partial charge in [0, 0.05) is 5.54 Å².